The summed E-state index contributed by atoms with van der Waals surface area (Å²) in [5.41, 5.74) is 2.87. The summed E-state index contributed by atoms with van der Waals surface area (Å²) < 4.78 is 8.22. The van der Waals surface area contributed by atoms with Crippen LogP contribution in [0.25, 0.3) is 11.3 Å². The number of para-hydroxylation sites is 1. The van der Waals surface area contributed by atoms with Gasteiger partial charge in [-0.3, -0.25) is 9.69 Å². The number of fused-ring (bicyclic) bond motifs is 3. The molecule has 3 heterocycles. The molecule has 4 rings (SSSR count). The van der Waals surface area contributed by atoms with Crippen LogP contribution in [-0.4, -0.2) is 31.4 Å². The van der Waals surface area contributed by atoms with Crippen LogP contribution in [0.4, 0.5) is 5.69 Å². The Hall–Kier alpha value is -2.87. The van der Waals surface area contributed by atoms with Crippen molar-refractivity contribution < 1.29 is 9.53 Å². The van der Waals surface area contributed by atoms with Crippen molar-refractivity contribution in [3.63, 3.8) is 0 Å². The number of amides is 1. The van der Waals surface area contributed by atoms with Gasteiger partial charge in [0.25, 0.3) is 0 Å². The number of benzene rings is 1. The number of carbonyl (C=O) groups excluding carboxylic acids is 1. The standard InChI is InChI=1S/C19H19N5O2S/c1-4-27-19-20-17-16(21-22-19)13-8-5-6-9-14(13)24(12(2)25)18(26-17)15-10-7-11-23(15)3/h5-11,18H,4H2,1-3H3/t18-/m0/s1. The first-order chi connectivity index (χ1) is 13.1. The molecule has 0 bridgehead atoms. The molecule has 27 heavy (non-hydrogen) atoms. The first-order valence-electron chi connectivity index (χ1n) is 8.64. The summed E-state index contributed by atoms with van der Waals surface area (Å²) in [6.45, 7) is 3.56. The van der Waals surface area contributed by atoms with E-state index in [1.807, 2.05) is 61.1 Å². The molecule has 8 heteroatoms. The van der Waals surface area contributed by atoms with Crippen LogP contribution in [0.3, 0.4) is 0 Å². The maximum Gasteiger partial charge on any atom is 0.247 e. The van der Waals surface area contributed by atoms with Gasteiger partial charge in [0.2, 0.25) is 23.2 Å². The van der Waals surface area contributed by atoms with E-state index in [-0.39, 0.29) is 5.91 Å². The van der Waals surface area contributed by atoms with Gasteiger partial charge in [-0.25, -0.2) is 0 Å². The van der Waals surface area contributed by atoms with Crippen molar-refractivity contribution in [3.05, 3.63) is 48.3 Å². The summed E-state index contributed by atoms with van der Waals surface area (Å²) in [4.78, 5) is 18.8. The van der Waals surface area contributed by atoms with E-state index in [1.54, 1.807) is 4.90 Å². The lowest BCUT2D eigenvalue weighted by molar-refractivity contribution is -0.118. The molecule has 1 aliphatic heterocycles. The average molecular weight is 381 g/mol. The highest BCUT2D eigenvalue weighted by Gasteiger charge is 2.35. The molecule has 1 atom stereocenters. The first-order valence-corrected chi connectivity index (χ1v) is 9.63. The fourth-order valence-electron chi connectivity index (χ4n) is 3.17. The van der Waals surface area contributed by atoms with E-state index in [4.69, 9.17) is 4.74 Å². The van der Waals surface area contributed by atoms with Gasteiger partial charge in [-0.05, 0) is 24.0 Å². The number of nitrogens with zero attached hydrogens (tertiary/aromatic N) is 5. The molecule has 1 aliphatic rings. The van der Waals surface area contributed by atoms with Gasteiger partial charge in [0.1, 0.15) is 0 Å². The Morgan fingerprint density at radius 1 is 1.22 bits per heavy atom. The molecule has 0 spiro atoms. The Kier molecular flexibility index (Phi) is 4.57. The van der Waals surface area contributed by atoms with Gasteiger partial charge in [0, 0.05) is 25.7 Å². The molecule has 0 fully saturated rings. The molecule has 0 radical (unpaired) electrons. The molecule has 0 aliphatic carbocycles. The van der Waals surface area contributed by atoms with Gasteiger partial charge in [-0.2, -0.15) is 4.98 Å². The Bertz CT molecular complexity index is 1000. The molecular weight excluding hydrogens is 362 g/mol. The quantitative estimate of drug-likeness (QED) is 0.647. The fourth-order valence-corrected chi connectivity index (χ4v) is 3.67. The third kappa shape index (κ3) is 3.06. The Labute approximate surface area is 161 Å². The highest BCUT2D eigenvalue weighted by molar-refractivity contribution is 7.99. The number of ether oxygens (including phenoxy) is 1. The predicted molar refractivity (Wildman–Crippen MR) is 104 cm³/mol. The first kappa shape index (κ1) is 17.5. The third-order valence-corrected chi connectivity index (χ3v) is 5.08. The smallest absolute Gasteiger partial charge is 0.247 e. The molecule has 0 saturated heterocycles. The van der Waals surface area contributed by atoms with Gasteiger partial charge in [0.05, 0.1) is 11.4 Å². The second kappa shape index (κ2) is 7.03. The van der Waals surface area contributed by atoms with E-state index in [9.17, 15) is 4.79 Å². The second-order valence-electron chi connectivity index (χ2n) is 6.10. The summed E-state index contributed by atoms with van der Waals surface area (Å²) in [5.74, 6) is 1.08. The van der Waals surface area contributed by atoms with Crippen molar-refractivity contribution in [2.45, 2.75) is 25.2 Å². The van der Waals surface area contributed by atoms with E-state index >= 15 is 0 Å². The molecule has 138 valence electrons. The van der Waals surface area contributed by atoms with Gasteiger partial charge in [-0.15, -0.1) is 10.2 Å². The largest absolute Gasteiger partial charge is 0.445 e. The average Bonchev–Trinajstić information content (AvgIpc) is 3.01. The van der Waals surface area contributed by atoms with E-state index in [2.05, 4.69) is 15.2 Å². The minimum atomic E-state index is -0.652. The van der Waals surface area contributed by atoms with Crippen molar-refractivity contribution in [2.75, 3.05) is 10.7 Å². The van der Waals surface area contributed by atoms with Gasteiger partial charge >= 0.3 is 0 Å². The minimum absolute atomic E-state index is 0.127. The van der Waals surface area contributed by atoms with Crippen LogP contribution in [0.5, 0.6) is 5.88 Å². The maximum atomic E-state index is 12.6. The van der Waals surface area contributed by atoms with Crippen molar-refractivity contribution in [1.82, 2.24) is 19.7 Å². The van der Waals surface area contributed by atoms with Crippen molar-refractivity contribution in [2.24, 2.45) is 7.05 Å². The maximum absolute atomic E-state index is 12.6. The van der Waals surface area contributed by atoms with Crippen LogP contribution >= 0.6 is 11.8 Å². The number of hydrogen-bond acceptors (Lipinski definition) is 6. The summed E-state index contributed by atoms with van der Waals surface area (Å²) >= 11 is 1.49. The normalized spacial score (nSPS) is 15.5. The molecular formula is C19H19N5O2S. The highest BCUT2D eigenvalue weighted by atomic mass is 32.2. The number of anilines is 1. The summed E-state index contributed by atoms with van der Waals surface area (Å²) in [6.07, 6.45) is 1.27. The lowest BCUT2D eigenvalue weighted by Crippen LogP contribution is -2.37. The van der Waals surface area contributed by atoms with Crippen LogP contribution in [0.15, 0.2) is 47.8 Å². The summed E-state index contributed by atoms with van der Waals surface area (Å²) in [5, 5.41) is 9.13. The van der Waals surface area contributed by atoms with Crippen LogP contribution in [0.2, 0.25) is 0 Å². The molecule has 0 N–H and O–H groups in total. The zero-order valence-corrected chi connectivity index (χ0v) is 16.1. The molecule has 1 amide bonds. The topological polar surface area (TPSA) is 73.1 Å². The summed E-state index contributed by atoms with van der Waals surface area (Å²) in [7, 11) is 1.92. The molecule has 0 saturated carbocycles. The Morgan fingerprint density at radius 2 is 2.04 bits per heavy atom. The molecule has 7 nitrogen and oxygen atoms in total. The molecule has 2 aromatic heterocycles. The van der Waals surface area contributed by atoms with Crippen LogP contribution in [0, 0.1) is 0 Å². The predicted octanol–water partition coefficient (Wildman–Crippen LogP) is 3.43. The van der Waals surface area contributed by atoms with E-state index in [0.29, 0.717) is 16.7 Å². The second-order valence-corrected chi connectivity index (χ2v) is 7.33. The number of carbonyl (C=O) groups is 1. The molecule has 1 aromatic carbocycles. The zero-order chi connectivity index (χ0) is 19.0. The van der Waals surface area contributed by atoms with Crippen molar-refractivity contribution >= 4 is 23.4 Å². The van der Waals surface area contributed by atoms with E-state index in [1.165, 1.54) is 18.7 Å². The number of aromatic nitrogens is 4. The van der Waals surface area contributed by atoms with E-state index < -0.39 is 6.23 Å². The van der Waals surface area contributed by atoms with Gasteiger partial charge in [0.15, 0.2) is 5.69 Å². The summed E-state index contributed by atoms with van der Waals surface area (Å²) in [6, 6.07) is 11.4. The lowest BCUT2D eigenvalue weighted by atomic mass is 10.1. The van der Waals surface area contributed by atoms with Crippen molar-refractivity contribution in [1.29, 1.82) is 0 Å². The SMILES string of the molecule is CCSc1nnc2c(n1)O[C@@H](c1cccn1C)N(C(C)=O)c1ccccc1-2. The number of rotatable bonds is 3. The van der Waals surface area contributed by atoms with Crippen LogP contribution in [0.1, 0.15) is 25.8 Å². The van der Waals surface area contributed by atoms with Crippen LogP contribution in [-0.2, 0) is 11.8 Å². The number of hydrogen-bond donors (Lipinski definition) is 0. The van der Waals surface area contributed by atoms with Crippen molar-refractivity contribution in [3.8, 4) is 17.1 Å². The van der Waals surface area contributed by atoms with Crippen LogP contribution < -0.4 is 9.64 Å². The van der Waals surface area contributed by atoms with Gasteiger partial charge in [-0.1, -0.05) is 36.9 Å². The number of thioether (sulfide) groups is 1. The zero-order valence-electron chi connectivity index (χ0n) is 15.3. The minimum Gasteiger partial charge on any atom is -0.445 e. The van der Waals surface area contributed by atoms with Gasteiger partial charge < -0.3 is 9.30 Å². The fraction of sp³-hybridized carbons (Fsp3) is 0.263. The lowest BCUT2D eigenvalue weighted by Gasteiger charge is -2.29. The third-order valence-electron chi connectivity index (χ3n) is 4.36. The molecule has 3 aromatic rings. The Balaban J connectivity index is 1.96. The molecule has 0 unspecified atom stereocenters. The number of aryl methyl sites for hydroxylation is 1. The van der Waals surface area contributed by atoms with E-state index in [0.717, 1.165) is 22.7 Å². The monoisotopic (exact) mass is 381 g/mol. The highest BCUT2D eigenvalue weighted by Crippen LogP contribution is 2.43. The Morgan fingerprint density at radius 3 is 2.74 bits per heavy atom.